The van der Waals surface area contributed by atoms with E-state index in [4.69, 9.17) is 0 Å². The molecule has 1 saturated carbocycles. The zero-order valence-electron chi connectivity index (χ0n) is 14.0. The fraction of sp³-hybridized carbons (Fsp3) is 0.444. The molecule has 1 aromatic carbocycles. The van der Waals surface area contributed by atoms with Crippen molar-refractivity contribution in [1.82, 2.24) is 15.1 Å². The molecule has 0 spiro atoms. The number of nitrogens with zero attached hydrogens (tertiary/aromatic N) is 2. The number of carbonyl (C=O) groups is 1. The molecule has 0 unspecified atom stereocenters. The van der Waals surface area contributed by atoms with Gasteiger partial charge in [0.05, 0.1) is 17.1 Å². The lowest BCUT2D eigenvalue weighted by Crippen LogP contribution is -2.25. The van der Waals surface area contributed by atoms with Gasteiger partial charge in [0.2, 0.25) is 5.91 Å². The molecular weight excluding hydrogens is 325 g/mol. The molecule has 0 saturated heterocycles. The molecule has 1 N–H and O–H groups in total. The van der Waals surface area contributed by atoms with E-state index >= 15 is 0 Å². The number of hydrogen-bond acceptors (Lipinski definition) is 3. The Balaban J connectivity index is 1.61. The first kappa shape index (κ1) is 17.0. The lowest BCUT2D eigenvalue weighted by molar-refractivity contribution is -0.118. The van der Waals surface area contributed by atoms with Crippen LogP contribution in [0.15, 0.2) is 24.3 Å². The van der Waals surface area contributed by atoms with Crippen LogP contribution in [-0.2, 0) is 11.3 Å². The van der Waals surface area contributed by atoms with Gasteiger partial charge in [0.1, 0.15) is 5.82 Å². The third kappa shape index (κ3) is 4.17. The predicted molar refractivity (Wildman–Crippen MR) is 94.9 cm³/mol. The molecule has 0 bridgehead atoms. The van der Waals surface area contributed by atoms with Crippen molar-refractivity contribution < 1.29 is 9.18 Å². The fourth-order valence-corrected chi connectivity index (χ4v) is 3.68. The van der Waals surface area contributed by atoms with Crippen LogP contribution in [0.5, 0.6) is 0 Å². The average molecular weight is 347 g/mol. The second-order valence-electron chi connectivity index (χ2n) is 6.27. The smallest absolute Gasteiger partial charge is 0.230 e. The first-order valence-electron chi connectivity index (χ1n) is 8.20. The highest BCUT2D eigenvalue weighted by Crippen LogP contribution is 2.32. The highest BCUT2D eigenvalue weighted by molar-refractivity contribution is 7.99. The second-order valence-corrected chi connectivity index (χ2v) is 7.30. The van der Waals surface area contributed by atoms with Crippen LogP contribution in [0.2, 0.25) is 0 Å². The Kier molecular flexibility index (Phi) is 5.23. The van der Waals surface area contributed by atoms with Crippen LogP contribution in [0, 0.1) is 25.6 Å². The minimum absolute atomic E-state index is 0.0639. The molecule has 24 heavy (non-hydrogen) atoms. The number of aryl methyl sites for hydroxylation is 1. The number of amides is 1. The summed E-state index contributed by atoms with van der Waals surface area (Å²) in [7, 11) is 0. The Morgan fingerprint density at radius 3 is 2.71 bits per heavy atom. The van der Waals surface area contributed by atoms with Gasteiger partial charge >= 0.3 is 0 Å². The molecule has 6 heteroatoms. The first-order valence-corrected chi connectivity index (χ1v) is 9.35. The van der Waals surface area contributed by atoms with Crippen molar-refractivity contribution in [2.75, 3.05) is 11.5 Å². The molecule has 3 rings (SSSR count). The average Bonchev–Trinajstić information content (AvgIpc) is 3.33. The maximum Gasteiger partial charge on any atom is 0.230 e. The predicted octanol–water partition coefficient (Wildman–Crippen LogP) is 3.39. The summed E-state index contributed by atoms with van der Waals surface area (Å²) in [5, 5.41) is 7.49. The SMILES string of the molecule is Cc1nn(-c2ccc(F)cc2)c(C)c1CNC(=O)CSCC1CC1. The summed E-state index contributed by atoms with van der Waals surface area (Å²) in [6.45, 7) is 4.37. The number of carbonyl (C=O) groups excluding carboxylic acids is 1. The number of thioether (sulfide) groups is 1. The Hall–Kier alpha value is -1.82. The number of rotatable bonds is 7. The Bertz CT molecular complexity index is 723. The molecule has 1 aromatic heterocycles. The van der Waals surface area contributed by atoms with Gasteiger partial charge in [0, 0.05) is 17.8 Å². The van der Waals surface area contributed by atoms with Crippen molar-refractivity contribution in [3.63, 3.8) is 0 Å². The largest absolute Gasteiger partial charge is 0.351 e. The van der Waals surface area contributed by atoms with E-state index in [1.54, 1.807) is 28.6 Å². The van der Waals surface area contributed by atoms with Crippen molar-refractivity contribution in [3.8, 4) is 5.69 Å². The van der Waals surface area contributed by atoms with Gasteiger partial charge in [-0.25, -0.2) is 9.07 Å². The van der Waals surface area contributed by atoms with E-state index in [1.165, 1.54) is 25.0 Å². The van der Waals surface area contributed by atoms with Gasteiger partial charge in [0.15, 0.2) is 0 Å². The van der Waals surface area contributed by atoms with Gasteiger partial charge in [-0.3, -0.25) is 4.79 Å². The fourth-order valence-electron chi connectivity index (χ4n) is 2.61. The van der Waals surface area contributed by atoms with Crippen LogP contribution < -0.4 is 5.32 Å². The van der Waals surface area contributed by atoms with Crippen LogP contribution in [0.3, 0.4) is 0 Å². The maximum atomic E-state index is 13.1. The van der Waals surface area contributed by atoms with Gasteiger partial charge in [0.25, 0.3) is 0 Å². The lowest BCUT2D eigenvalue weighted by Gasteiger charge is -2.07. The van der Waals surface area contributed by atoms with Crippen LogP contribution in [0.4, 0.5) is 4.39 Å². The zero-order chi connectivity index (χ0) is 17.1. The third-order valence-corrected chi connectivity index (χ3v) is 5.43. The summed E-state index contributed by atoms with van der Waals surface area (Å²) >= 11 is 1.71. The quantitative estimate of drug-likeness (QED) is 0.835. The van der Waals surface area contributed by atoms with Crippen LogP contribution in [-0.4, -0.2) is 27.2 Å². The number of benzene rings is 1. The van der Waals surface area contributed by atoms with E-state index in [9.17, 15) is 9.18 Å². The first-order chi connectivity index (χ1) is 11.5. The van der Waals surface area contributed by atoms with Crippen molar-refractivity contribution in [2.45, 2.75) is 33.2 Å². The molecule has 0 atom stereocenters. The van der Waals surface area contributed by atoms with E-state index in [0.29, 0.717) is 12.3 Å². The monoisotopic (exact) mass is 347 g/mol. The van der Waals surface area contributed by atoms with Crippen molar-refractivity contribution in [2.24, 2.45) is 5.92 Å². The normalized spacial score (nSPS) is 14.0. The van der Waals surface area contributed by atoms with E-state index in [2.05, 4.69) is 10.4 Å². The van der Waals surface area contributed by atoms with E-state index in [1.807, 2.05) is 13.8 Å². The summed E-state index contributed by atoms with van der Waals surface area (Å²) < 4.78 is 14.9. The minimum atomic E-state index is -0.267. The van der Waals surface area contributed by atoms with Crippen LogP contribution in [0.1, 0.15) is 29.8 Å². The van der Waals surface area contributed by atoms with Gasteiger partial charge in [-0.1, -0.05) is 0 Å². The summed E-state index contributed by atoms with van der Waals surface area (Å²) in [6.07, 6.45) is 2.63. The topological polar surface area (TPSA) is 46.9 Å². The van der Waals surface area contributed by atoms with Crippen molar-refractivity contribution in [1.29, 1.82) is 0 Å². The molecule has 1 fully saturated rings. The molecule has 1 heterocycles. The summed E-state index contributed by atoms with van der Waals surface area (Å²) in [6, 6.07) is 6.24. The van der Waals surface area contributed by atoms with Gasteiger partial charge in [-0.15, -0.1) is 0 Å². The molecule has 1 amide bonds. The van der Waals surface area contributed by atoms with Gasteiger partial charge in [-0.05, 0) is 62.6 Å². The number of hydrogen-bond donors (Lipinski definition) is 1. The van der Waals surface area contributed by atoms with E-state index in [0.717, 1.165) is 34.3 Å². The summed E-state index contributed by atoms with van der Waals surface area (Å²) in [5.41, 5.74) is 3.67. The third-order valence-electron chi connectivity index (χ3n) is 4.26. The summed E-state index contributed by atoms with van der Waals surface area (Å²) in [5.74, 6) is 2.24. The maximum absolute atomic E-state index is 13.1. The number of nitrogens with one attached hydrogen (secondary N) is 1. The summed E-state index contributed by atoms with van der Waals surface area (Å²) in [4.78, 5) is 12.0. The number of aromatic nitrogens is 2. The number of halogens is 1. The van der Waals surface area contributed by atoms with E-state index < -0.39 is 0 Å². The molecule has 0 aliphatic heterocycles. The highest BCUT2D eigenvalue weighted by Gasteiger charge is 2.21. The molecule has 128 valence electrons. The standard InChI is InChI=1S/C18H22FN3OS/c1-12-17(9-20-18(23)11-24-10-14-3-4-14)13(2)22(21-12)16-7-5-15(19)6-8-16/h5-8,14H,3-4,9-11H2,1-2H3,(H,20,23). The Morgan fingerprint density at radius 2 is 2.04 bits per heavy atom. The Morgan fingerprint density at radius 1 is 1.33 bits per heavy atom. The molecule has 1 aliphatic rings. The molecule has 0 radical (unpaired) electrons. The molecule has 4 nitrogen and oxygen atoms in total. The van der Waals surface area contributed by atoms with Gasteiger partial charge in [-0.2, -0.15) is 16.9 Å². The molecule has 2 aromatic rings. The van der Waals surface area contributed by atoms with E-state index in [-0.39, 0.29) is 11.7 Å². The molecule has 1 aliphatic carbocycles. The lowest BCUT2D eigenvalue weighted by atomic mass is 10.2. The van der Waals surface area contributed by atoms with Gasteiger partial charge < -0.3 is 5.32 Å². The van der Waals surface area contributed by atoms with Crippen LogP contribution in [0.25, 0.3) is 5.69 Å². The van der Waals surface area contributed by atoms with Crippen molar-refractivity contribution >= 4 is 17.7 Å². The Labute approximate surface area is 145 Å². The highest BCUT2D eigenvalue weighted by atomic mass is 32.2. The second kappa shape index (κ2) is 7.38. The minimum Gasteiger partial charge on any atom is -0.351 e. The van der Waals surface area contributed by atoms with Crippen molar-refractivity contribution in [3.05, 3.63) is 47.0 Å². The van der Waals surface area contributed by atoms with Crippen LogP contribution >= 0.6 is 11.8 Å². The zero-order valence-corrected chi connectivity index (χ0v) is 14.8. The molecular formula is C18H22FN3OS.